The van der Waals surface area contributed by atoms with Gasteiger partial charge in [-0.05, 0) is 29.3 Å². The highest BCUT2D eigenvalue weighted by atomic mass is 16.4. The summed E-state index contributed by atoms with van der Waals surface area (Å²) >= 11 is 0. The lowest BCUT2D eigenvalue weighted by Crippen LogP contribution is -2.12. The van der Waals surface area contributed by atoms with Crippen LogP contribution < -0.4 is 5.32 Å². The largest absolute Gasteiger partial charge is 0.480 e. The molecular weight excluding hydrogens is 342 g/mol. The molecule has 2 bridgehead atoms. The first-order valence-corrected chi connectivity index (χ1v) is 8.43. The molecule has 5 nitrogen and oxygen atoms in total. The average Bonchev–Trinajstić information content (AvgIpc) is 2.78. The number of anilines is 1. The van der Waals surface area contributed by atoms with Crippen molar-refractivity contribution >= 4 is 23.2 Å². The van der Waals surface area contributed by atoms with Gasteiger partial charge in [-0.2, -0.15) is 0 Å². The summed E-state index contributed by atoms with van der Waals surface area (Å²) in [5, 5.41) is 11.5. The third kappa shape index (κ3) is 3.00. The van der Waals surface area contributed by atoms with Gasteiger partial charge in [0, 0.05) is 27.9 Å². The average molecular weight is 357 g/mol. The molecule has 0 unspecified atom stereocenters. The predicted octanol–water partition coefficient (Wildman–Crippen LogP) is 3.63. The Morgan fingerprint density at radius 1 is 0.741 bits per heavy atom. The minimum atomic E-state index is -0.940. The fraction of sp³-hybridized carbons (Fsp3) is 0.0455. The molecule has 0 fully saturated rings. The van der Waals surface area contributed by atoms with E-state index in [9.17, 15) is 14.4 Å². The Morgan fingerprint density at radius 3 is 2.04 bits per heavy atom. The standard InChI is InChI=1S/C22H15NO4/c24-20(25)12-23-15-8-5-13(6-9-15)16-10-7-14-11-19(16)22(27)18-4-2-1-3-17(18)21(14)26/h1-11,23H,12H2,(H,24,25). The number of carbonyl (C=O) groups is 3. The van der Waals surface area contributed by atoms with Gasteiger partial charge in [0.05, 0.1) is 0 Å². The molecule has 3 aromatic rings. The first-order valence-electron chi connectivity index (χ1n) is 8.43. The van der Waals surface area contributed by atoms with Crippen molar-refractivity contribution in [2.75, 3.05) is 11.9 Å². The molecule has 27 heavy (non-hydrogen) atoms. The number of nitrogens with one attached hydrogen (secondary N) is 1. The van der Waals surface area contributed by atoms with Crippen molar-refractivity contribution in [2.24, 2.45) is 0 Å². The number of carboxylic acid groups (broad SMARTS) is 1. The van der Waals surface area contributed by atoms with Crippen LogP contribution in [0.2, 0.25) is 0 Å². The summed E-state index contributed by atoms with van der Waals surface area (Å²) in [6.07, 6.45) is 0. The number of rotatable bonds is 4. The molecule has 0 spiro atoms. The SMILES string of the molecule is O=C(O)CNc1ccc(-c2ccc3cc2C(=O)c2ccccc2C3=O)cc1. The van der Waals surface area contributed by atoms with Crippen LogP contribution in [0.4, 0.5) is 5.69 Å². The zero-order valence-electron chi connectivity index (χ0n) is 14.2. The summed E-state index contributed by atoms with van der Waals surface area (Å²) in [5.74, 6) is -1.27. The first kappa shape index (κ1) is 16.7. The summed E-state index contributed by atoms with van der Waals surface area (Å²) in [7, 11) is 0. The van der Waals surface area contributed by atoms with Gasteiger partial charge in [0.2, 0.25) is 0 Å². The number of hydrogen-bond donors (Lipinski definition) is 2. The first-order chi connectivity index (χ1) is 13.0. The highest BCUT2D eigenvalue weighted by Gasteiger charge is 2.26. The van der Waals surface area contributed by atoms with E-state index in [1.165, 1.54) is 0 Å². The van der Waals surface area contributed by atoms with E-state index in [4.69, 9.17) is 5.11 Å². The number of hydrogen-bond acceptors (Lipinski definition) is 4. The Bertz CT molecular complexity index is 1080. The molecule has 0 atom stereocenters. The summed E-state index contributed by atoms with van der Waals surface area (Å²) in [4.78, 5) is 36.4. The number of carbonyl (C=O) groups excluding carboxylic acids is 2. The molecule has 4 rings (SSSR count). The molecule has 5 heteroatoms. The molecule has 132 valence electrons. The van der Waals surface area contributed by atoms with Crippen LogP contribution in [-0.2, 0) is 4.79 Å². The normalized spacial score (nSPS) is 12.3. The Morgan fingerprint density at radius 2 is 1.37 bits per heavy atom. The van der Waals surface area contributed by atoms with Crippen molar-refractivity contribution in [3.63, 3.8) is 0 Å². The highest BCUT2D eigenvalue weighted by molar-refractivity contribution is 6.24. The second-order valence-electron chi connectivity index (χ2n) is 6.29. The van der Waals surface area contributed by atoms with Crippen molar-refractivity contribution in [2.45, 2.75) is 0 Å². The van der Waals surface area contributed by atoms with Crippen LogP contribution in [0.5, 0.6) is 0 Å². The van der Waals surface area contributed by atoms with Gasteiger partial charge in [-0.15, -0.1) is 0 Å². The number of aliphatic carboxylic acids is 1. The van der Waals surface area contributed by atoms with Crippen LogP contribution in [0.3, 0.4) is 0 Å². The topological polar surface area (TPSA) is 83.5 Å². The Kier molecular flexibility index (Phi) is 4.05. The molecule has 3 aromatic carbocycles. The lowest BCUT2D eigenvalue weighted by Gasteiger charge is -2.10. The summed E-state index contributed by atoms with van der Waals surface area (Å²) in [6.45, 7) is -0.170. The Hall–Kier alpha value is -3.73. The van der Waals surface area contributed by atoms with E-state index >= 15 is 0 Å². The second-order valence-corrected chi connectivity index (χ2v) is 6.29. The quantitative estimate of drug-likeness (QED) is 0.583. The summed E-state index contributed by atoms with van der Waals surface area (Å²) < 4.78 is 0. The molecule has 0 aromatic heterocycles. The monoisotopic (exact) mass is 357 g/mol. The van der Waals surface area contributed by atoms with Crippen molar-refractivity contribution in [1.29, 1.82) is 0 Å². The van der Waals surface area contributed by atoms with Crippen molar-refractivity contribution < 1.29 is 19.5 Å². The third-order valence-corrected chi connectivity index (χ3v) is 4.58. The van der Waals surface area contributed by atoms with E-state index in [2.05, 4.69) is 5.32 Å². The van der Waals surface area contributed by atoms with Gasteiger partial charge < -0.3 is 10.4 Å². The van der Waals surface area contributed by atoms with Gasteiger partial charge in [0.25, 0.3) is 0 Å². The van der Waals surface area contributed by atoms with Gasteiger partial charge in [-0.1, -0.05) is 48.5 Å². The predicted molar refractivity (Wildman–Crippen MR) is 101 cm³/mol. The van der Waals surface area contributed by atoms with Gasteiger partial charge in [-0.3, -0.25) is 14.4 Å². The molecule has 1 aliphatic rings. The molecular formula is C22H15NO4. The van der Waals surface area contributed by atoms with Crippen LogP contribution in [0.1, 0.15) is 31.8 Å². The van der Waals surface area contributed by atoms with Crippen molar-refractivity contribution in [3.05, 3.63) is 89.0 Å². The van der Waals surface area contributed by atoms with Crippen LogP contribution in [0.15, 0.2) is 66.7 Å². The van der Waals surface area contributed by atoms with Crippen LogP contribution in [0.25, 0.3) is 11.1 Å². The molecule has 2 N–H and O–H groups in total. The van der Waals surface area contributed by atoms with E-state index < -0.39 is 5.97 Å². The summed E-state index contributed by atoms with van der Waals surface area (Å²) in [6, 6.07) is 19.2. The lowest BCUT2D eigenvalue weighted by molar-refractivity contribution is -0.134. The molecule has 1 aliphatic carbocycles. The van der Waals surface area contributed by atoms with Gasteiger partial charge in [0.1, 0.15) is 6.54 Å². The lowest BCUT2D eigenvalue weighted by atomic mass is 9.94. The second kappa shape index (κ2) is 6.53. The van der Waals surface area contributed by atoms with E-state index in [1.807, 2.05) is 12.1 Å². The fourth-order valence-corrected chi connectivity index (χ4v) is 3.25. The third-order valence-electron chi connectivity index (χ3n) is 4.58. The zero-order valence-corrected chi connectivity index (χ0v) is 14.2. The van der Waals surface area contributed by atoms with Crippen LogP contribution >= 0.6 is 0 Å². The molecule has 0 radical (unpaired) electrons. The van der Waals surface area contributed by atoms with E-state index in [0.717, 1.165) is 11.1 Å². The van der Waals surface area contributed by atoms with E-state index in [0.29, 0.717) is 27.9 Å². The zero-order chi connectivity index (χ0) is 19.0. The van der Waals surface area contributed by atoms with Crippen LogP contribution in [-0.4, -0.2) is 29.2 Å². The van der Waals surface area contributed by atoms with Gasteiger partial charge in [0.15, 0.2) is 11.6 Å². The van der Waals surface area contributed by atoms with Crippen LogP contribution in [0, 0.1) is 0 Å². The maximum Gasteiger partial charge on any atom is 0.322 e. The Labute approximate surface area is 155 Å². The maximum atomic E-state index is 13.1. The number of ketones is 2. The van der Waals surface area contributed by atoms with Gasteiger partial charge in [-0.25, -0.2) is 0 Å². The van der Waals surface area contributed by atoms with E-state index in [1.54, 1.807) is 54.6 Å². The summed E-state index contributed by atoms with van der Waals surface area (Å²) in [5.41, 5.74) is 4.03. The number of fused-ring (bicyclic) bond motifs is 3. The molecule has 0 aliphatic heterocycles. The van der Waals surface area contributed by atoms with Crippen molar-refractivity contribution in [1.82, 2.24) is 0 Å². The maximum absolute atomic E-state index is 13.1. The van der Waals surface area contributed by atoms with Gasteiger partial charge >= 0.3 is 5.97 Å². The molecule has 0 heterocycles. The molecule has 0 saturated carbocycles. The number of benzene rings is 3. The number of carboxylic acids is 1. The minimum Gasteiger partial charge on any atom is -0.480 e. The fourth-order valence-electron chi connectivity index (χ4n) is 3.25. The molecule has 0 amide bonds. The molecule has 0 saturated heterocycles. The Balaban J connectivity index is 1.76. The highest BCUT2D eigenvalue weighted by Crippen LogP contribution is 2.32. The smallest absolute Gasteiger partial charge is 0.322 e. The van der Waals surface area contributed by atoms with Crippen molar-refractivity contribution in [3.8, 4) is 11.1 Å². The minimum absolute atomic E-state index is 0.155. The van der Waals surface area contributed by atoms with E-state index in [-0.39, 0.29) is 18.1 Å².